The number of thiocarbonyl (C=S) groups is 1. The van der Waals surface area contributed by atoms with Crippen LogP contribution in [0.25, 0.3) is 0 Å². The molecule has 1 fully saturated rings. The van der Waals surface area contributed by atoms with Crippen LogP contribution in [0.4, 0.5) is 5.69 Å². The van der Waals surface area contributed by atoms with Gasteiger partial charge in [-0.3, -0.25) is 0 Å². The second kappa shape index (κ2) is 9.00. The van der Waals surface area contributed by atoms with E-state index in [2.05, 4.69) is 23.6 Å². The quantitative estimate of drug-likeness (QED) is 0.614. The van der Waals surface area contributed by atoms with Crippen LogP contribution >= 0.6 is 12.2 Å². The molecule has 116 valence electrons. The molecule has 1 aromatic rings. The van der Waals surface area contributed by atoms with Crippen LogP contribution in [0.3, 0.4) is 0 Å². The maximum absolute atomic E-state index is 5.90. The lowest BCUT2D eigenvalue weighted by molar-refractivity contribution is 0.0277. The minimum absolute atomic E-state index is 0.496. The fraction of sp³-hybridized carbons (Fsp3) is 0.588. The number of benzene rings is 1. The Kier molecular flexibility index (Phi) is 6.96. The van der Waals surface area contributed by atoms with Crippen LogP contribution in [0.15, 0.2) is 24.3 Å². The topological polar surface area (TPSA) is 33.3 Å². The highest BCUT2D eigenvalue weighted by Gasteiger charge is 2.12. The van der Waals surface area contributed by atoms with Gasteiger partial charge in [-0.1, -0.05) is 37.5 Å². The van der Waals surface area contributed by atoms with Crippen molar-refractivity contribution in [1.29, 1.82) is 0 Å². The molecule has 4 heteroatoms. The molecule has 3 nitrogen and oxygen atoms in total. The van der Waals surface area contributed by atoms with E-state index in [4.69, 9.17) is 17.0 Å². The van der Waals surface area contributed by atoms with E-state index in [-0.39, 0.29) is 0 Å². The molecule has 0 saturated heterocycles. The Bertz CT molecular complexity index is 444. The third-order valence-electron chi connectivity index (χ3n) is 3.91. The van der Waals surface area contributed by atoms with Gasteiger partial charge in [-0.2, -0.15) is 0 Å². The number of hydrogen-bond donors (Lipinski definition) is 2. The number of ether oxygens (including phenoxy) is 1. The van der Waals surface area contributed by atoms with Gasteiger partial charge in [0.1, 0.15) is 0 Å². The van der Waals surface area contributed by atoms with E-state index in [9.17, 15) is 0 Å². The largest absolute Gasteiger partial charge is 0.378 e. The number of para-hydroxylation sites is 1. The van der Waals surface area contributed by atoms with Crippen LogP contribution in [0, 0.1) is 6.92 Å². The van der Waals surface area contributed by atoms with Gasteiger partial charge >= 0.3 is 0 Å². The van der Waals surface area contributed by atoms with Gasteiger partial charge in [0.2, 0.25) is 0 Å². The summed E-state index contributed by atoms with van der Waals surface area (Å²) in [6.07, 6.45) is 7.99. The summed E-state index contributed by atoms with van der Waals surface area (Å²) in [7, 11) is 0. The second-order valence-electron chi connectivity index (χ2n) is 5.68. The van der Waals surface area contributed by atoms with Crippen molar-refractivity contribution in [2.24, 2.45) is 0 Å². The summed E-state index contributed by atoms with van der Waals surface area (Å²) in [6, 6.07) is 8.15. The molecular weight excluding hydrogens is 280 g/mol. The SMILES string of the molecule is Cc1ccccc1NC(=S)NCCCOC1CCCCC1. The van der Waals surface area contributed by atoms with Crippen molar-refractivity contribution in [3.8, 4) is 0 Å². The zero-order valence-corrected chi connectivity index (χ0v) is 13.7. The molecule has 0 heterocycles. The maximum atomic E-state index is 5.90. The zero-order valence-electron chi connectivity index (χ0n) is 12.9. The zero-order chi connectivity index (χ0) is 14.9. The lowest BCUT2D eigenvalue weighted by Gasteiger charge is -2.22. The molecule has 0 spiro atoms. The minimum Gasteiger partial charge on any atom is -0.378 e. The Morgan fingerprint density at radius 3 is 2.76 bits per heavy atom. The molecular formula is C17H26N2OS. The van der Waals surface area contributed by atoms with Gasteiger partial charge in [0.05, 0.1) is 6.10 Å². The summed E-state index contributed by atoms with van der Waals surface area (Å²) in [5.41, 5.74) is 2.26. The van der Waals surface area contributed by atoms with Gasteiger partial charge in [0.25, 0.3) is 0 Å². The average Bonchev–Trinajstić information content (AvgIpc) is 2.50. The van der Waals surface area contributed by atoms with Crippen molar-refractivity contribution < 1.29 is 4.74 Å². The second-order valence-corrected chi connectivity index (χ2v) is 6.09. The first-order valence-corrected chi connectivity index (χ1v) is 8.38. The first kappa shape index (κ1) is 16.2. The first-order chi connectivity index (χ1) is 10.3. The molecule has 0 aromatic heterocycles. The molecule has 0 bridgehead atoms. The number of rotatable bonds is 6. The van der Waals surface area contributed by atoms with Gasteiger partial charge in [-0.05, 0) is 50.0 Å². The van der Waals surface area contributed by atoms with Crippen molar-refractivity contribution in [2.45, 2.75) is 51.6 Å². The van der Waals surface area contributed by atoms with Crippen LogP contribution in [0.1, 0.15) is 44.1 Å². The van der Waals surface area contributed by atoms with E-state index in [1.54, 1.807) is 0 Å². The van der Waals surface area contributed by atoms with E-state index in [0.29, 0.717) is 11.2 Å². The number of nitrogens with one attached hydrogen (secondary N) is 2. The summed E-state index contributed by atoms with van der Waals surface area (Å²) in [6.45, 7) is 3.75. The van der Waals surface area contributed by atoms with Crippen LogP contribution in [0.2, 0.25) is 0 Å². The van der Waals surface area contributed by atoms with Crippen molar-refractivity contribution in [3.05, 3.63) is 29.8 Å². The molecule has 0 atom stereocenters. The smallest absolute Gasteiger partial charge is 0.170 e. The number of aryl methyl sites for hydroxylation is 1. The highest BCUT2D eigenvalue weighted by molar-refractivity contribution is 7.80. The first-order valence-electron chi connectivity index (χ1n) is 7.98. The van der Waals surface area contributed by atoms with E-state index < -0.39 is 0 Å². The normalized spacial score (nSPS) is 15.7. The predicted octanol–water partition coefficient (Wildman–Crippen LogP) is 4.02. The monoisotopic (exact) mass is 306 g/mol. The van der Waals surface area contributed by atoms with Crippen molar-refractivity contribution in [1.82, 2.24) is 5.32 Å². The minimum atomic E-state index is 0.496. The van der Waals surface area contributed by atoms with Crippen LogP contribution in [-0.2, 0) is 4.74 Å². The van der Waals surface area contributed by atoms with E-state index >= 15 is 0 Å². The summed E-state index contributed by atoms with van der Waals surface area (Å²) >= 11 is 5.31. The molecule has 2 rings (SSSR count). The highest BCUT2D eigenvalue weighted by atomic mass is 32.1. The summed E-state index contributed by atoms with van der Waals surface area (Å²) < 4.78 is 5.90. The summed E-state index contributed by atoms with van der Waals surface area (Å²) in [5, 5.41) is 7.15. The summed E-state index contributed by atoms with van der Waals surface area (Å²) in [4.78, 5) is 0. The Morgan fingerprint density at radius 2 is 2.00 bits per heavy atom. The van der Waals surface area contributed by atoms with Gasteiger partial charge in [-0.25, -0.2) is 0 Å². The fourth-order valence-corrected chi connectivity index (χ4v) is 2.85. The lowest BCUT2D eigenvalue weighted by atomic mass is 9.98. The third kappa shape index (κ3) is 6.02. The molecule has 1 aromatic carbocycles. The van der Waals surface area contributed by atoms with Gasteiger partial charge in [0, 0.05) is 18.8 Å². The van der Waals surface area contributed by atoms with Crippen LogP contribution < -0.4 is 10.6 Å². The van der Waals surface area contributed by atoms with Gasteiger partial charge in [-0.15, -0.1) is 0 Å². The van der Waals surface area contributed by atoms with Crippen molar-refractivity contribution in [2.75, 3.05) is 18.5 Å². The Hall–Kier alpha value is -1.13. The predicted molar refractivity (Wildman–Crippen MR) is 92.8 cm³/mol. The van der Waals surface area contributed by atoms with Crippen LogP contribution in [-0.4, -0.2) is 24.4 Å². The Balaban J connectivity index is 1.56. The maximum Gasteiger partial charge on any atom is 0.170 e. The molecule has 2 N–H and O–H groups in total. The standard InChI is InChI=1S/C17H26N2OS/c1-14-8-5-6-11-16(14)19-17(21)18-12-7-13-20-15-9-3-2-4-10-15/h5-6,8,11,15H,2-4,7,9-10,12-13H2,1H3,(H2,18,19,21). The molecule has 0 amide bonds. The Morgan fingerprint density at radius 1 is 1.24 bits per heavy atom. The van der Waals surface area contributed by atoms with Crippen molar-refractivity contribution in [3.63, 3.8) is 0 Å². The molecule has 21 heavy (non-hydrogen) atoms. The van der Waals surface area contributed by atoms with Crippen LogP contribution in [0.5, 0.6) is 0 Å². The number of hydrogen-bond acceptors (Lipinski definition) is 2. The molecule has 0 aliphatic heterocycles. The molecule has 0 radical (unpaired) electrons. The molecule has 1 aliphatic carbocycles. The average molecular weight is 306 g/mol. The highest BCUT2D eigenvalue weighted by Crippen LogP contribution is 2.20. The fourth-order valence-electron chi connectivity index (χ4n) is 2.64. The van der Waals surface area contributed by atoms with E-state index in [1.165, 1.54) is 37.7 Å². The van der Waals surface area contributed by atoms with E-state index in [0.717, 1.165) is 25.3 Å². The van der Waals surface area contributed by atoms with Gasteiger partial charge in [0.15, 0.2) is 5.11 Å². The molecule has 0 unspecified atom stereocenters. The van der Waals surface area contributed by atoms with Gasteiger partial charge < -0.3 is 15.4 Å². The molecule has 1 aliphatic rings. The molecule has 1 saturated carbocycles. The third-order valence-corrected chi connectivity index (χ3v) is 4.15. The lowest BCUT2D eigenvalue weighted by Crippen LogP contribution is -2.30. The van der Waals surface area contributed by atoms with E-state index in [1.807, 2.05) is 18.2 Å². The van der Waals surface area contributed by atoms with Crippen molar-refractivity contribution >= 4 is 23.0 Å². The Labute approximate surface area is 133 Å². The summed E-state index contributed by atoms with van der Waals surface area (Å²) in [5.74, 6) is 0. The number of anilines is 1.